The van der Waals surface area contributed by atoms with Gasteiger partial charge in [0.2, 0.25) is 0 Å². The normalized spacial score (nSPS) is 17.0. The lowest BCUT2D eigenvalue weighted by Crippen LogP contribution is -2.36. The van der Waals surface area contributed by atoms with Crippen molar-refractivity contribution >= 4 is 0 Å². The fraction of sp³-hybridized carbons (Fsp3) is 0.389. The van der Waals surface area contributed by atoms with E-state index < -0.39 is 0 Å². The summed E-state index contributed by atoms with van der Waals surface area (Å²) in [6, 6.07) is 7.37. The third-order valence-electron chi connectivity index (χ3n) is 4.49. The van der Waals surface area contributed by atoms with E-state index in [-0.39, 0.29) is 6.61 Å². The smallest absolute Gasteiger partial charge is 0.174 e. The quantitative estimate of drug-likeness (QED) is 0.847. The number of nitrogens with zero attached hydrogens (tertiary/aromatic N) is 1. The number of aromatic hydroxyl groups is 1. The summed E-state index contributed by atoms with van der Waals surface area (Å²) in [5, 5.41) is 18.9. The molecule has 3 heteroatoms. The molecule has 1 atom stereocenters. The molecule has 1 aliphatic carbocycles. The van der Waals surface area contributed by atoms with Crippen molar-refractivity contribution in [3.8, 4) is 5.75 Å². The minimum atomic E-state index is 0.120. The molecule has 21 heavy (non-hydrogen) atoms. The van der Waals surface area contributed by atoms with Crippen LogP contribution in [0.25, 0.3) is 0 Å². The maximum atomic E-state index is 9.59. The first-order chi connectivity index (χ1) is 10.2. The molecule has 1 aromatic heterocycles. The van der Waals surface area contributed by atoms with Crippen LogP contribution in [0.4, 0.5) is 0 Å². The molecule has 1 aliphatic rings. The third kappa shape index (κ3) is 2.93. The van der Waals surface area contributed by atoms with Crippen LogP contribution in [0.1, 0.15) is 41.5 Å². The number of aryl methyl sites for hydroxylation is 2. The predicted octanol–water partition coefficient (Wildman–Crippen LogP) is 2.46. The molecule has 0 unspecified atom stereocenters. The van der Waals surface area contributed by atoms with E-state index in [2.05, 4.69) is 23.9 Å². The highest BCUT2D eigenvalue weighted by molar-refractivity contribution is 5.36. The van der Waals surface area contributed by atoms with Gasteiger partial charge < -0.3 is 10.2 Å². The Labute approximate surface area is 125 Å². The summed E-state index contributed by atoms with van der Waals surface area (Å²) in [5.74, 6) is 0.895. The summed E-state index contributed by atoms with van der Waals surface area (Å²) >= 11 is 0. The molecule has 0 saturated heterocycles. The minimum absolute atomic E-state index is 0.120. The molecular formula is C18H22NO2+. The Bertz CT molecular complexity index is 634. The Hall–Kier alpha value is -1.87. The van der Waals surface area contributed by atoms with E-state index in [0.29, 0.717) is 11.7 Å². The maximum absolute atomic E-state index is 9.59. The minimum Gasteiger partial charge on any atom is -0.508 e. The van der Waals surface area contributed by atoms with Crippen LogP contribution < -0.4 is 4.57 Å². The highest BCUT2D eigenvalue weighted by Gasteiger charge is 2.25. The maximum Gasteiger partial charge on any atom is 0.174 e. The van der Waals surface area contributed by atoms with Gasteiger partial charge in [-0.05, 0) is 42.0 Å². The number of benzene rings is 1. The zero-order valence-corrected chi connectivity index (χ0v) is 12.4. The number of aromatic nitrogens is 1. The lowest BCUT2D eigenvalue weighted by atomic mass is 10.0. The number of rotatable bonds is 4. The van der Waals surface area contributed by atoms with Crippen LogP contribution in [0.15, 0.2) is 36.7 Å². The van der Waals surface area contributed by atoms with E-state index in [1.807, 2.05) is 12.1 Å². The van der Waals surface area contributed by atoms with Gasteiger partial charge in [0.15, 0.2) is 18.9 Å². The molecule has 0 radical (unpaired) electrons. The Morgan fingerprint density at radius 1 is 1.19 bits per heavy atom. The van der Waals surface area contributed by atoms with Gasteiger partial charge in [-0.1, -0.05) is 19.1 Å². The molecule has 110 valence electrons. The first-order valence-corrected chi connectivity index (χ1v) is 7.61. The van der Waals surface area contributed by atoms with Crippen LogP contribution in [0.2, 0.25) is 0 Å². The lowest BCUT2D eigenvalue weighted by Gasteiger charge is -2.08. The average molecular weight is 284 g/mol. The third-order valence-corrected chi connectivity index (χ3v) is 4.49. The van der Waals surface area contributed by atoms with Crippen molar-refractivity contribution in [2.24, 2.45) is 0 Å². The first-order valence-electron chi connectivity index (χ1n) is 7.61. The lowest BCUT2D eigenvalue weighted by molar-refractivity contribution is -0.697. The fourth-order valence-corrected chi connectivity index (χ4v) is 3.19. The second-order valence-electron chi connectivity index (χ2n) is 5.97. The summed E-state index contributed by atoms with van der Waals surface area (Å²) < 4.78 is 2.19. The zero-order valence-electron chi connectivity index (χ0n) is 12.4. The van der Waals surface area contributed by atoms with Crippen LogP contribution in [-0.2, 0) is 26.0 Å². The average Bonchev–Trinajstić information content (AvgIpc) is 2.87. The SMILES string of the molecule is C[C@H]1CCc2c(CO)c[n+](CCc3ccc(O)cc3)cc21. The Morgan fingerprint density at radius 3 is 2.67 bits per heavy atom. The summed E-state index contributed by atoms with van der Waals surface area (Å²) in [4.78, 5) is 0. The van der Waals surface area contributed by atoms with Crippen molar-refractivity contribution < 1.29 is 14.8 Å². The van der Waals surface area contributed by atoms with E-state index in [1.54, 1.807) is 12.1 Å². The molecular weight excluding hydrogens is 262 g/mol. The standard InChI is InChI=1S/C18H21NO2/c1-13-2-7-17-15(12-20)10-19(11-18(13)17)9-8-14-3-5-16(21)6-4-14/h3-6,10-11,13,20H,2,7-9,12H2,1H3/p+1/t13-/m0/s1. The number of phenols is 1. The van der Waals surface area contributed by atoms with E-state index in [0.717, 1.165) is 24.9 Å². The highest BCUT2D eigenvalue weighted by Crippen LogP contribution is 2.33. The van der Waals surface area contributed by atoms with Gasteiger partial charge in [-0.15, -0.1) is 0 Å². The number of hydrogen-bond donors (Lipinski definition) is 2. The predicted molar refractivity (Wildman–Crippen MR) is 81.1 cm³/mol. The summed E-state index contributed by atoms with van der Waals surface area (Å²) in [6.07, 6.45) is 7.52. The van der Waals surface area contributed by atoms with Gasteiger partial charge in [-0.25, -0.2) is 4.57 Å². The molecule has 0 fully saturated rings. The van der Waals surface area contributed by atoms with Crippen molar-refractivity contribution in [1.82, 2.24) is 0 Å². The van der Waals surface area contributed by atoms with Crippen LogP contribution in [-0.4, -0.2) is 10.2 Å². The molecule has 3 nitrogen and oxygen atoms in total. The van der Waals surface area contributed by atoms with Crippen molar-refractivity contribution in [3.05, 3.63) is 58.9 Å². The number of aliphatic hydroxyl groups is 1. The molecule has 0 amide bonds. The monoisotopic (exact) mass is 284 g/mol. The van der Waals surface area contributed by atoms with Crippen LogP contribution >= 0.6 is 0 Å². The summed E-state index contributed by atoms with van der Waals surface area (Å²) in [5.41, 5.74) is 5.03. The van der Waals surface area contributed by atoms with Crippen LogP contribution in [0, 0.1) is 0 Å². The largest absolute Gasteiger partial charge is 0.508 e. The topological polar surface area (TPSA) is 44.3 Å². The van der Waals surface area contributed by atoms with Gasteiger partial charge >= 0.3 is 0 Å². The Morgan fingerprint density at radius 2 is 1.95 bits per heavy atom. The second kappa shape index (κ2) is 5.86. The van der Waals surface area contributed by atoms with Crippen LogP contribution in [0.5, 0.6) is 5.75 Å². The van der Waals surface area contributed by atoms with E-state index in [9.17, 15) is 10.2 Å². The highest BCUT2D eigenvalue weighted by atomic mass is 16.3. The van der Waals surface area contributed by atoms with E-state index in [1.165, 1.54) is 23.1 Å². The van der Waals surface area contributed by atoms with Gasteiger partial charge in [0.1, 0.15) is 5.75 Å². The van der Waals surface area contributed by atoms with Gasteiger partial charge in [0.05, 0.1) is 6.61 Å². The number of aliphatic hydroxyl groups excluding tert-OH is 1. The molecule has 0 saturated carbocycles. The zero-order chi connectivity index (χ0) is 14.8. The molecule has 2 aromatic rings. The summed E-state index contributed by atoms with van der Waals surface area (Å²) in [6.45, 7) is 3.27. The molecule has 2 N–H and O–H groups in total. The van der Waals surface area contributed by atoms with Crippen molar-refractivity contribution in [2.75, 3.05) is 0 Å². The first kappa shape index (κ1) is 14.1. The van der Waals surface area contributed by atoms with Gasteiger partial charge in [0, 0.05) is 17.5 Å². The van der Waals surface area contributed by atoms with Crippen molar-refractivity contribution in [1.29, 1.82) is 0 Å². The molecule has 3 rings (SSSR count). The Kier molecular flexibility index (Phi) is 3.93. The van der Waals surface area contributed by atoms with Gasteiger partial charge in [-0.2, -0.15) is 0 Å². The number of phenolic OH excluding ortho intramolecular Hbond substituents is 1. The van der Waals surface area contributed by atoms with Gasteiger partial charge in [0.25, 0.3) is 0 Å². The van der Waals surface area contributed by atoms with E-state index in [4.69, 9.17) is 0 Å². The van der Waals surface area contributed by atoms with Crippen molar-refractivity contribution in [2.45, 2.75) is 45.3 Å². The summed E-state index contributed by atoms with van der Waals surface area (Å²) in [7, 11) is 0. The molecule has 1 heterocycles. The van der Waals surface area contributed by atoms with Crippen molar-refractivity contribution in [3.63, 3.8) is 0 Å². The van der Waals surface area contributed by atoms with Crippen LogP contribution in [0.3, 0.4) is 0 Å². The van der Waals surface area contributed by atoms with Gasteiger partial charge in [-0.3, -0.25) is 0 Å². The Balaban J connectivity index is 1.79. The number of pyridine rings is 1. The van der Waals surface area contributed by atoms with E-state index >= 15 is 0 Å². The molecule has 0 aliphatic heterocycles. The molecule has 0 bridgehead atoms. The fourth-order valence-electron chi connectivity index (χ4n) is 3.19. The molecule has 0 spiro atoms. The number of hydrogen-bond acceptors (Lipinski definition) is 2. The number of fused-ring (bicyclic) bond motifs is 1. The molecule has 1 aromatic carbocycles. The second-order valence-corrected chi connectivity index (χ2v) is 5.97.